The van der Waals surface area contributed by atoms with E-state index in [1.807, 2.05) is 22.8 Å². The molecule has 2 bridgehead atoms. The van der Waals surface area contributed by atoms with Gasteiger partial charge in [0.1, 0.15) is 6.04 Å². The zero-order valence-electron chi connectivity index (χ0n) is 17.9. The van der Waals surface area contributed by atoms with Crippen molar-refractivity contribution in [1.29, 1.82) is 5.26 Å². The lowest BCUT2D eigenvalue weighted by molar-refractivity contribution is -0.141. The molecule has 3 N–H and O–H groups in total. The van der Waals surface area contributed by atoms with Gasteiger partial charge in [-0.3, -0.25) is 14.5 Å². The van der Waals surface area contributed by atoms with Crippen LogP contribution in [0.1, 0.15) is 48.1 Å². The largest absolute Gasteiger partial charge is 0.478 e. The summed E-state index contributed by atoms with van der Waals surface area (Å²) in [5, 5.41) is 18.6. The minimum atomic E-state index is -0.993. The zero-order chi connectivity index (χ0) is 22.7. The molecule has 3 saturated heterocycles. The van der Waals surface area contributed by atoms with Gasteiger partial charge in [0.25, 0.3) is 0 Å². The number of carboxylic acids is 1. The second kappa shape index (κ2) is 7.57. The summed E-state index contributed by atoms with van der Waals surface area (Å²) in [5.74, 6) is -0.748. The van der Waals surface area contributed by atoms with Gasteiger partial charge in [0.2, 0.25) is 11.8 Å². The second-order valence-electron chi connectivity index (χ2n) is 9.51. The average Bonchev–Trinajstić information content (AvgIpc) is 3.11. The fourth-order valence-electron chi connectivity index (χ4n) is 5.90. The molecule has 1 saturated carbocycles. The molecule has 1 aliphatic carbocycles. The van der Waals surface area contributed by atoms with Gasteiger partial charge in [-0.15, -0.1) is 0 Å². The molecule has 4 aliphatic rings. The van der Waals surface area contributed by atoms with E-state index in [-0.39, 0.29) is 47.6 Å². The Morgan fingerprint density at radius 3 is 2.78 bits per heavy atom. The molecular formula is C23H27N5O4. The van der Waals surface area contributed by atoms with E-state index in [1.165, 1.54) is 6.07 Å². The number of nitrogens with zero attached hydrogens (tertiary/aromatic N) is 4. The quantitative estimate of drug-likeness (QED) is 0.665. The fraction of sp³-hybridized carbons (Fsp3) is 0.565. The SMILES string of the molecule is C[C@@H](c1cccc(C(=O)O)c1)N1C(=O)[C@@H]2C[C@H]1CN2C[C@H](N)C(=O)N1C2C[C@H]2C[C@H]1C#N. The van der Waals surface area contributed by atoms with Crippen LogP contribution in [0.25, 0.3) is 0 Å². The van der Waals surface area contributed by atoms with Gasteiger partial charge in [-0.1, -0.05) is 12.1 Å². The molecule has 1 aromatic carbocycles. The Kier molecular flexibility index (Phi) is 4.95. The van der Waals surface area contributed by atoms with Crippen molar-refractivity contribution in [2.75, 3.05) is 13.1 Å². The van der Waals surface area contributed by atoms with Crippen LogP contribution in [0.3, 0.4) is 0 Å². The van der Waals surface area contributed by atoms with Gasteiger partial charge in [0.15, 0.2) is 0 Å². The lowest BCUT2D eigenvalue weighted by Gasteiger charge is -2.38. The van der Waals surface area contributed by atoms with Crippen LogP contribution in [0.5, 0.6) is 0 Å². The van der Waals surface area contributed by atoms with Crippen LogP contribution in [0.2, 0.25) is 0 Å². The maximum Gasteiger partial charge on any atom is 0.335 e. The van der Waals surface area contributed by atoms with Gasteiger partial charge >= 0.3 is 5.97 Å². The van der Waals surface area contributed by atoms with Crippen molar-refractivity contribution < 1.29 is 19.5 Å². The van der Waals surface area contributed by atoms with Gasteiger partial charge < -0.3 is 20.6 Å². The maximum absolute atomic E-state index is 13.2. The summed E-state index contributed by atoms with van der Waals surface area (Å²) in [7, 11) is 0. The molecule has 3 aliphatic heterocycles. The smallest absolute Gasteiger partial charge is 0.335 e. The van der Waals surface area contributed by atoms with Crippen molar-refractivity contribution in [2.24, 2.45) is 11.7 Å². The van der Waals surface area contributed by atoms with E-state index in [1.54, 1.807) is 17.0 Å². The Balaban J connectivity index is 1.24. The number of carbonyl (C=O) groups excluding carboxylic acids is 2. The first kappa shape index (κ1) is 20.9. The highest BCUT2D eigenvalue weighted by Crippen LogP contribution is 2.48. The molecule has 168 valence electrons. The number of hydrogen-bond donors (Lipinski definition) is 2. The van der Waals surface area contributed by atoms with E-state index >= 15 is 0 Å². The van der Waals surface area contributed by atoms with E-state index in [0.717, 1.165) is 18.4 Å². The number of aromatic carboxylic acids is 1. The molecule has 2 amide bonds. The van der Waals surface area contributed by atoms with Crippen LogP contribution in [0.15, 0.2) is 24.3 Å². The molecule has 32 heavy (non-hydrogen) atoms. The first-order chi connectivity index (χ1) is 15.3. The third-order valence-corrected chi connectivity index (χ3v) is 7.60. The van der Waals surface area contributed by atoms with Crippen LogP contribution in [-0.2, 0) is 9.59 Å². The number of carboxylic acid groups (broad SMARTS) is 1. The Morgan fingerprint density at radius 1 is 1.31 bits per heavy atom. The van der Waals surface area contributed by atoms with Crippen molar-refractivity contribution in [3.05, 3.63) is 35.4 Å². The highest BCUT2D eigenvalue weighted by molar-refractivity contribution is 5.89. The number of likely N-dealkylation sites (tertiary alicyclic amines) is 3. The number of piperidine rings is 1. The van der Waals surface area contributed by atoms with Crippen molar-refractivity contribution in [2.45, 2.75) is 62.4 Å². The monoisotopic (exact) mass is 437 g/mol. The molecule has 0 radical (unpaired) electrons. The van der Waals surface area contributed by atoms with Crippen LogP contribution < -0.4 is 5.73 Å². The van der Waals surface area contributed by atoms with Crippen molar-refractivity contribution in [3.63, 3.8) is 0 Å². The molecule has 0 aromatic heterocycles. The topological polar surface area (TPSA) is 131 Å². The number of piperazine rings is 1. The molecule has 1 unspecified atom stereocenters. The number of nitrogens with two attached hydrogens (primary N) is 1. The predicted octanol–water partition coefficient (Wildman–Crippen LogP) is 0.571. The van der Waals surface area contributed by atoms with Crippen LogP contribution in [0.4, 0.5) is 0 Å². The third-order valence-electron chi connectivity index (χ3n) is 7.60. The third kappa shape index (κ3) is 3.26. The van der Waals surface area contributed by atoms with Crippen LogP contribution >= 0.6 is 0 Å². The van der Waals surface area contributed by atoms with Crippen molar-refractivity contribution in [1.82, 2.24) is 14.7 Å². The van der Waals surface area contributed by atoms with E-state index < -0.39 is 12.0 Å². The molecular weight excluding hydrogens is 410 g/mol. The number of nitriles is 1. The number of carbonyl (C=O) groups is 3. The molecule has 3 heterocycles. The van der Waals surface area contributed by atoms with Crippen molar-refractivity contribution in [3.8, 4) is 6.07 Å². The predicted molar refractivity (Wildman–Crippen MR) is 113 cm³/mol. The summed E-state index contributed by atoms with van der Waals surface area (Å²) in [4.78, 5) is 42.9. The number of rotatable bonds is 6. The molecule has 7 atom stereocenters. The molecule has 9 nitrogen and oxygen atoms in total. The normalized spacial score (nSPS) is 32.5. The molecule has 1 aromatic rings. The van der Waals surface area contributed by atoms with Crippen LogP contribution in [0, 0.1) is 17.2 Å². The Hall–Kier alpha value is -2.96. The number of fused-ring (bicyclic) bond motifs is 3. The summed E-state index contributed by atoms with van der Waals surface area (Å²) in [6, 6.07) is 7.39. The summed E-state index contributed by atoms with van der Waals surface area (Å²) in [6.07, 6.45) is 2.37. The minimum absolute atomic E-state index is 0.00439. The number of hydrogen-bond acceptors (Lipinski definition) is 6. The highest BCUT2D eigenvalue weighted by Gasteiger charge is 2.56. The van der Waals surface area contributed by atoms with E-state index in [9.17, 15) is 24.8 Å². The summed E-state index contributed by atoms with van der Waals surface area (Å²) < 4.78 is 0. The number of benzene rings is 1. The Labute approximate surface area is 186 Å². The first-order valence-corrected chi connectivity index (χ1v) is 11.2. The van der Waals surface area contributed by atoms with Gasteiger partial charge in [0, 0.05) is 25.2 Å². The highest BCUT2D eigenvalue weighted by atomic mass is 16.4. The zero-order valence-corrected chi connectivity index (χ0v) is 17.9. The Morgan fingerprint density at radius 2 is 2.09 bits per heavy atom. The standard InChI is InChI=1S/C23H27N5O4/c1-12(13-3-2-4-14(5-13)23(31)32)27-17-8-20(22(27)30)26(10-17)11-18(25)21(29)28-16(9-24)6-15-7-19(15)28/h2-5,12,15-20H,6-8,10-11,25H2,1H3,(H,31,32)/t12-,15+,16-,17-,18-,19?,20-/m0/s1. The van der Waals surface area contributed by atoms with Gasteiger partial charge in [-0.25, -0.2) is 4.79 Å². The minimum Gasteiger partial charge on any atom is -0.478 e. The first-order valence-electron chi connectivity index (χ1n) is 11.2. The molecule has 5 rings (SSSR count). The second-order valence-corrected chi connectivity index (χ2v) is 9.51. The lowest BCUT2D eigenvalue weighted by Crippen LogP contribution is -2.57. The molecule has 4 fully saturated rings. The average molecular weight is 438 g/mol. The summed E-state index contributed by atoms with van der Waals surface area (Å²) in [5.41, 5.74) is 7.25. The lowest BCUT2D eigenvalue weighted by atomic mass is 10.0. The van der Waals surface area contributed by atoms with E-state index in [4.69, 9.17) is 5.73 Å². The maximum atomic E-state index is 13.2. The van der Waals surface area contributed by atoms with Crippen molar-refractivity contribution >= 4 is 17.8 Å². The summed E-state index contributed by atoms with van der Waals surface area (Å²) >= 11 is 0. The fourth-order valence-corrected chi connectivity index (χ4v) is 5.90. The number of amides is 2. The van der Waals surface area contributed by atoms with E-state index in [2.05, 4.69) is 6.07 Å². The van der Waals surface area contributed by atoms with Gasteiger partial charge in [0.05, 0.1) is 29.8 Å². The van der Waals surface area contributed by atoms with Gasteiger partial charge in [-0.2, -0.15) is 5.26 Å². The Bertz CT molecular complexity index is 1020. The van der Waals surface area contributed by atoms with Crippen LogP contribution in [-0.4, -0.2) is 80.9 Å². The molecule has 9 heteroatoms. The van der Waals surface area contributed by atoms with Gasteiger partial charge in [-0.05, 0) is 49.8 Å². The van der Waals surface area contributed by atoms with E-state index in [0.29, 0.717) is 25.4 Å². The summed E-state index contributed by atoms with van der Waals surface area (Å²) in [6.45, 7) is 2.85. The molecule has 0 spiro atoms.